The van der Waals surface area contributed by atoms with Gasteiger partial charge >= 0.3 is 12.1 Å². The highest BCUT2D eigenvalue weighted by Gasteiger charge is 2.46. The third-order valence-corrected chi connectivity index (χ3v) is 7.62. The summed E-state index contributed by atoms with van der Waals surface area (Å²) >= 11 is 0. The van der Waals surface area contributed by atoms with Crippen molar-refractivity contribution in [2.45, 2.75) is 56.9 Å². The number of carbonyl (C=O) groups excluding carboxylic acids is 2. The van der Waals surface area contributed by atoms with Crippen molar-refractivity contribution in [2.24, 2.45) is 5.92 Å². The van der Waals surface area contributed by atoms with Gasteiger partial charge in [-0.2, -0.15) is 0 Å². The lowest BCUT2D eigenvalue weighted by molar-refractivity contribution is -0.157. The Labute approximate surface area is 206 Å². The Balaban J connectivity index is 1.23. The van der Waals surface area contributed by atoms with E-state index in [1.807, 2.05) is 31.2 Å². The summed E-state index contributed by atoms with van der Waals surface area (Å²) in [4.78, 5) is 38.4. The maximum Gasteiger partial charge on any atom is 0.407 e. The fourth-order valence-corrected chi connectivity index (χ4v) is 5.50. The molecule has 2 N–H and O–H groups in total. The van der Waals surface area contributed by atoms with Crippen LogP contribution in [0.3, 0.4) is 0 Å². The topological polar surface area (TPSA) is 95.9 Å². The number of ether oxygens (including phenoxy) is 1. The molecular weight excluding hydrogens is 444 g/mol. The zero-order valence-corrected chi connectivity index (χ0v) is 20.5. The number of alkyl carbamates (subject to hydrolysis) is 1. The molecule has 35 heavy (non-hydrogen) atoms. The van der Waals surface area contributed by atoms with Crippen LogP contribution in [0.15, 0.2) is 48.5 Å². The Morgan fingerprint density at radius 3 is 2.20 bits per heavy atom. The Morgan fingerprint density at radius 1 is 1.06 bits per heavy atom. The molecule has 0 aromatic heterocycles. The van der Waals surface area contributed by atoms with E-state index in [0.29, 0.717) is 25.8 Å². The van der Waals surface area contributed by atoms with E-state index in [4.69, 9.17) is 4.74 Å². The highest BCUT2D eigenvalue weighted by atomic mass is 16.5. The predicted molar refractivity (Wildman–Crippen MR) is 133 cm³/mol. The predicted octanol–water partition coefficient (Wildman–Crippen LogP) is 4.80. The zero-order chi connectivity index (χ0) is 25.0. The number of carbonyl (C=O) groups is 3. The van der Waals surface area contributed by atoms with Crippen molar-refractivity contribution < 1.29 is 24.2 Å². The number of fused-ring (bicyclic) bond motifs is 3. The molecule has 2 aliphatic rings. The molecule has 4 rings (SSSR count). The Morgan fingerprint density at radius 2 is 1.63 bits per heavy atom. The highest BCUT2D eigenvalue weighted by molar-refractivity contribution is 5.87. The standard InChI is InChI=1S/C28H34N2O5/c1-19(17-25(31)30(2)28(26(32)33)14-7-8-15-28)13-16-29-27(34)35-18-24-22-11-5-3-9-20(22)21-10-4-6-12-23(21)24/h3-6,9-12,19,24H,7-8,13-18H2,1-2H3,(H,29,34)(H,32,33). The van der Waals surface area contributed by atoms with Gasteiger partial charge in [0, 0.05) is 25.9 Å². The quantitative estimate of drug-likeness (QED) is 0.540. The van der Waals surface area contributed by atoms with Crippen molar-refractivity contribution in [3.05, 3.63) is 59.7 Å². The van der Waals surface area contributed by atoms with Crippen molar-refractivity contribution in [3.63, 3.8) is 0 Å². The minimum absolute atomic E-state index is 0.00563. The van der Waals surface area contributed by atoms with Gasteiger partial charge in [0.25, 0.3) is 0 Å². The molecule has 0 aliphatic heterocycles. The monoisotopic (exact) mass is 478 g/mol. The fourth-order valence-electron chi connectivity index (χ4n) is 5.50. The number of nitrogens with zero attached hydrogens (tertiary/aromatic N) is 1. The van der Waals surface area contributed by atoms with Crippen molar-refractivity contribution in [1.29, 1.82) is 0 Å². The number of aliphatic carboxylic acids is 1. The number of hydrogen-bond donors (Lipinski definition) is 2. The number of likely N-dealkylation sites (N-methyl/N-ethyl adjacent to an activating group) is 1. The lowest BCUT2D eigenvalue weighted by Gasteiger charge is -2.35. The van der Waals surface area contributed by atoms with E-state index in [1.165, 1.54) is 27.2 Å². The molecule has 1 atom stereocenters. The van der Waals surface area contributed by atoms with Gasteiger partial charge < -0.3 is 20.1 Å². The van der Waals surface area contributed by atoms with Crippen LogP contribution in [-0.4, -0.2) is 53.7 Å². The average molecular weight is 479 g/mol. The van der Waals surface area contributed by atoms with Crippen LogP contribution < -0.4 is 5.32 Å². The first-order valence-electron chi connectivity index (χ1n) is 12.4. The summed E-state index contributed by atoms with van der Waals surface area (Å²) in [6.45, 7) is 2.59. The number of rotatable bonds is 9. The average Bonchev–Trinajstić information content (AvgIpc) is 3.47. The number of hydrogen-bond acceptors (Lipinski definition) is 4. The molecule has 2 amide bonds. The van der Waals surface area contributed by atoms with Crippen LogP contribution in [0.1, 0.15) is 62.5 Å². The van der Waals surface area contributed by atoms with E-state index in [0.717, 1.165) is 12.8 Å². The Hall–Kier alpha value is -3.35. The van der Waals surface area contributed by atoms with Crippen LogP contribution in [0.25, 0.3) is 11.1 Å². The van der Waals surface area contributed by atoms with Gasteiger partial charge in [-0.05, 0) is 47.4 Å². The summed E-state index contributed by atoms with van der Waals surface area (Å²) in [6, 6.07) is 16.4. The second-order valence-corrected chi connectivity index (χ2v) is 9.85. The van der Waals surface area contributed by atoms with Gasteiger partial charge in [0.2, 0.25) is 5.91 Å². The van der Waals surface area contributed by atoms with Crippen molar-refractivity contribution in [2.75, 3.05) is 20.2 Å². The Bertz CT molecular complexity index is 1050. The second kappa shape index (κ2) is 10.5. The van der Waals surface area contributed by atoms with Gasteiger partial charge in [-0.15, -0.1) is 0 Å². The number of amides is 2. The van der Waals surface area contributed by atoms with E-state index >= 15 is 0 Å². The number of benzene rings is 2. The maximum absolute atomic E-state index is 12.7. The summed E-state index contributed by atoms with van der Waals surface area (Å²) in [6.07, 6.45) is 3.03. The van der Waals surface area contributed by atoms with Gasteiger partial charge in [0.1, 0.15) is 12.1 Å². The number of nitrogens with one attached hydrogen (secondary N) is 1. The van der Waals surface area contributed by atoms with Crippen LogP contribution in [0.2, 0.25) is 0 Å². The molecule has 0 saturated heterocycles. The summed E-state index contributed by atoms with van der Waals surface area (Å²) in [5, 5.41) is 12.5. The molecule has 0 heterocycles. The molecule has 0 radical (unpaired) electrons. The summed E-state index contributed by atoms with van der Waals surface area (Å²) in [7, 11) is 1.60. The molecule has 1 unspecified atom stereocenters. The van der Waals surface area contributed by atoms with Crippen LogP contribution in [0.4, 0.5) is 4.79 Å². The molecule has 0 bridgehead atoms. The van der Waals surface area contributed by atoms with Crippen LogP contribution >= 0.6 is 0 Å². The third kappa shape index (κ3) is 5.04. The van der Waals surface area contributed by atoms with Crippen LogP contribution in [-0.2, 0) is 14.3 Å². The van der Waals surface area contributed by atoms with Gasteiger partial charge in [-0.1, -0.05) is 68.3 Å². The first-order valence-corrected chi connectivity index (χ1v) is 12.4. The van der Waals surface area contributed by atoms with Gasteiger partial charge in [-0.3, -0.25) is 4.79 Å². The second-order valence-electron chi connectivity index (χ2n) is 9.85. The van der Waals surface area contributed by atoms with Crippen LogP contribution in [0, 0.1) is 5.92 Å². The summed E-state index contributed by atoms with van der Waals surface area (Å²) in [5.74, 6) is -1.07. The van der Waals surface area contributed by atoms with Crippen molar-refractivity contribution in [1.82, 2.24) is 10.2 Å². The maximum atomic E-state index is 12.7. The lowest BCUT2D eigenvalue weighted by atomic mass is 9.94. The van der Waals surface area contributed by atoms with Gasteiger partial charge in [-0.25, -0.2) is 9.59 Å². The van der Waals surface area contributed by atoms with Gasteiger partial charge in [0.05, 0.1) is 0 Å². The SMILES string of the molecule is CC(CCNC(=O)OCC1c2ccccc2-c2ccccc21)CC(=O)N(C)C1(C(=O)O)CCCC1. The summed E-state index contributed by atoms with van der Waals surface area (Å²) in [5.41, 5.74) is 3.63. The fraction of sp³-hybridized carbons (Fsp3) is 0.464. The minimum atomic E-state index is -1.07. The van der Waals surface area contributed by atoms with E-state index in [1.54, 1.807) is 7.05 Å². The number of carboxylic acids is 1. The van der Waals surface area contributed by atoms with E-state index < -0.39 is 17.6 Å². The largest absolute Gasteiger partial charge is 0.479 e. The van der Waals surface area contributed by atoms with Crippen molar-refractivity contribution in [3.8, 4) is 11.1 Å². The van der Waals surface area contributed by atoms with E-state index in [-0.39, 0.29) is 30.8 Å². The molecule has 7 heteroatoms. The minimum Gasteiger partial charge on any atom is -0.479 e. The zero-order valence-electron chi connectivity index (χ0n) is 20.5. The Kier molecular flexibility index (Phi) is 7.43. The summed E-state index contributed by atoms with van der Waals surface area (Å²) < 4.78 is 5.56. The molecule has 186 valence electrons. The number of carboxylic acid groups (broad SMARTS) is 1. The van der Waals surface area contributed by atoms with E-state index in [2.05, 4.69) is 29.6 Å². The lowest BCUT2D eigenvalue weighted by Crippen LogP contribution is -2.53. The molecule has 0 spiro atoms. The van der Waals surface area contributed by atoms with Gasteiger partial charge in [0.15, 0.2) is 0 Å². The molecule has 2 aromatic rings. The first-order chi connectivity index (χ1) is 16.8. The molecule has 1 fully saturated rings. The first kappa shape index (κ1) is 24.8. The molecule has 2 aliphatic carbocycles. The molecular formula is C28H34N2O5. The van der Waals surface area contributed by atoms with E-state index in [9.17, 15) is 19.5 Å². The normalized spacial score (nSPS) is 16.7. The third-order valence-electron chi connectivity index (χ3n) is 7.62. The van der Waals surface area contributed by atoms with Crippen molar-refractivity contribution >= 4 is 18.0 Å². The van der Waals surface area contributed by atoms with Crippen LogP contribution in [0.5, 0.6) is 0 Å². The molecule has 2 aromatic carbocycles. The highest BCUT2D eigenvalue weighted by Crippen LogP contribution is 2.44. The molecule has 1 saturated carbocycles. The molecule has 7 nitrogen and oxygen atoms in total. The smallest absolute Gasteiger partial charge is 0.407 e.